The topological polar surface area (TPSA) is 50.4 Å². The maximum atomic E-state index is 11.7. The number of hydrogen-bond donors (Lipinski definition) is 2. The maximum Gasteiger partial charge on any atom is 0.237 e. The lowest BCUT2D eigenvalue weighted by Crippen LogP contribution is -2.50. The second kappa shape index (κ2) is 4.72. The Labute approximate surface area is 97.1 Å². The molecule has 2 aliphatic heterocycles. The first-order chi connectivity index (χ1) is 7.56. The zero-order valence-corrected chi connectivity index (χ0v) is 10.3. The molecule has 2 aliphatic rings. The molecular formula is C12H22N2O2. The fraction of sp³-hybridized carbons (Fsp3) is 0.917. The van der Waals surface area contributed by atoms with E-state index < -0.39 is 0 Å². The van der Waals surface area contributed by atoms with E-state index in [1.165, 1.54) is 6.42 Å². The Morgan fingerprint density at radius 1 is 1.31 bits per heavy atom. The van der Waals surface area contributed by atoms with Gasteiger partial charge >= 0.3 is 0 Å². The molecule has 2 N–H and O–H groups in total. The molecule has 2 rings (SSSR count). The number of fused-ring (bicyclic) bond motifs is 2. The molecule has 16 heavy (non-hydrogen) atoms. The van der Waals surface area contributed by atoms with Crippen LogP contribution in [0.1, 0.15) is 40.0 Å². The number of ether oxygens (including phenoxy) is 1. The van der Waals surface area contributed by atoms with Gasteiger partial charge in [0.05, 0.1) is 18.2 Å². The molecule has 2 heterocycles. The van der Waals surface area contributed by atoms with Crippen molar-refractivity contribution in [2.45, 2.75) is 70.4 Å². The first-order valence-electron chi connectivity index (χ1n) is 6.28. The van der Waals surface area contributed by atoms with Crippen LogP contribution >= 0.6 is 0 Å². The highest BCUT2D eigenvalue weighted by Crippen LogP contribution is 2.34. The fourth-order valence-corrected chi connectivity index (χ4v) is 2.62. The summed E-state index contributed by atoms with van der Waals surface area (Å²) < 4.78 is 5.75. The van der Waals surface area contributed by atoms with Crippen LogP contribution in [0.3, 0.4) is 0 Å². The highest BCUT2D eigenvalue weighted by Gasteiger charge is 2.41. The van der Waals surface area contributed by atoms with Crippen LogP contribution in [0.2, 0.25) is 0 Å². The summed E-state index contributed by atoms with van der Waals surface area (Å²) in [5.74, 6) is 0.0813. The van der Waals surface area contributed by atoms with Crippen molar-refractivity contribution in [2.75, 3.05) is 0 Å². The summed E-state index contributed by atoms with van der Waals surface area (Å²) in [4.78, 5) is 11.7. The van der Waals surface area contributed by atoms with Crippen LogP contribution < -0.4 is 10.6 Å². The third-order valence-corrected chi connectivity index (χ3v) is 3.39. The Morgan fingerprint density at radius 3 is 2.56 bits per heavy atom. The number of amides is 1. The molecule has 0 aliphatic carbocycles. The van der Waals surface area contributed by atoms with Crippen LogP contribution in [0, 0.1) is 0 Å². The van der Waals surface area contributed by atoms with Gasteiger partial charge in [-0.25, -0.2) is 0 Å². The molecule has 0 aromatic heterocycles. The van der Waals surface area contributed by atoms with Crippen molar-refractivity contribution in [3.05, 3.63) is 0 Å². The van der Waals surface area contributed by atoms with Gasteiger partial charge < -0.3 is 15.4 Å². The van der Waals surface area contributed by atoms with E-state index in [-0.39, 0.29) is 18.0 Å². The Balaban J connectivity index is 1.79. The monoisotopic (exact) mass is 226 g/mol. The lowest BCUT2D eigenvalue weighted by molar-refractivity contribution is -0.123. The SMILES string of the molecule is CC(C)NC(=O)C(C)NC1CC2CCC1O2. The largest absolute Gasteiger partial charge is 0.373 e. The van der Waals surface area contributed by atoms with Crippen LogP contribution in [0.4, 0.5) is 0 Å². The number of carbonyl (C=O) groups is 1. The van der Waals surface area contributed by atoms with Gasteiger partial charge in [-0.3, -0.25) is 4.79 Å². The summed E-state index contributed by atoms with van der Waals surface area (Å²) in [7, 11) is 0. The molecule has 4 unspecified atom stereocenters. The van der Waals surface area contributed by atoms with Crippen LogP contribution in [0.15, 0.2) is 0 Å². The summed E-state index contributed by atoms with van der Waals surface area (Å²) in [6, 6.07) is 0.440. The second-order valence-corrected chi connectivity index (χ2v) is 5.27. The van der Waals surface area contributed by atoms with Crippen molar-refractivity contribution in [3.63, 3.8) is 0 Å². The molecule has 2 bridgehead atoms. The third kappa shape index (κ3) is 2.55. The van der Waals surface area contributed by atoms with Gasteiger partial charge in [0.1, 0.15) is 0 Å². The molecule has 2 fully saturated rings. The van der Waals surface area contributed by atoms with E-state index >= 15 is 0 Å². The van der Waals surface area contributed by atoms with E-state index in [4.69, 9.17) is 4.74 Å². The maximum absolute atomic E-state index is 11.7. The second-order valence-electron chi connectivity index (χ2n) is 5.27. The van der Waals surface area contributed by atoms with Gasteiger partial charge in [-0.05, 0) is 40.0 Å². The number of hydrogen-bond acceptors (Lipinski definition) is 3. The molecule has 0 aromatic carbocycles. The molecule has 4 heteroatoms. The Bertz CT molecular complexity index is 268. The van der Waals surface area contributed by atoms with Crippen LogP contribution in [-0.2, 0) is 9.53 Å². The Hall–Kier alpha value is -0.610. The predicted octanol–water partition coefficient (Wildman–Crippen LogP) is 0.809. The van der Waals surface area contributed by atoms with Crippen molar-refractivity contribution < 1.29 is 9.53 Å². The highest BCUT2D eigenvalue weighted by molar-refractivity contribution is 5.81. The summed E-state index contributed by atoms with van der Waals surface area (Å²) in [5, 5.41) is 6.30. The lowest BCUT2D eigenvalue weighted by Gasteiger charge is -2.24. The molecule has 0 spiro atoms. The van der Waals surface area contributed by atoms with Crippen molar-refractivity contribution >= 4 is 5.91 Å². The number of carbonyl (C=O) groups excluding carboxylic acids is 1. The highest BCUT2D eigenvalue weighted by atomic mass is 16.5. The van der Waals surface area contributed by atoms with Crippen LogP contribution in [-0.4, -0.2) is 36.2 Å². The average Bonchev–Trinajstić information content (AvgIpc) is 2.77. The van der Waals surface area contributed by atoms with Gasteiger partial charge in [0.25, 0.3) is 0 Å². The molecular weight excluding hydrogens is 204 g/mol. The van der Waals surface area contributed by atoms with Crippen molar-refractivity contribution in [1.82, 2.24) is 10.6 Å². The van der Waals surface area contributed by atoms with E-state index in [2.05, 4.69) is 10.6 Å². The minimum Gasteiger partial charge on any atom is -0.373 e. The number of rotatable bonds is 4. The Kier molecular flexibility index (Phi) is 3.50. The van der Waals surface area contributed by atoms with Crippen molar-refractivity contribution in [2.24, 2.45) is 0 Å². The summed E-state index contributed by atoms with van der Waals surface area (Å²) >= 11 is 0. The predicted molar refractivity (Wildman–Crippen MR) is 62.2 cm³/mol. The van der Waals surface area contributed by atoms with Crippen molar-refractivity contribution in [1.29, 1.82) is 0 Å². The molecule has 4 nitrogen and oxygen atoms in total. The minimum atomic E-state index is -0.129. The standard InChI is InChI=1S/C12H22N2O2/c1-7(2)13-12(15)8(3)14-10-6-9-4-5-11(10)16-9/h7-11,14H,4-6H2,1-3H3,(H,13,15). The molecule has 1 amide bonds. The minimum absolute atomic E-state index is 0.0813. The first kappa shape index (κ1) is 11.9. The fourth-order valence-electron chi connectivity index (χ4n) is 2.62. The zero-order chi connectivity index (χ0) is 11.7. The average molecular weight is 226 g/mol. The molecule has 2 saturated heterocycles. The van der Waals surface area contributed by atoms with Crippen molar-refractivity contribution in [3.8, 4) is 0 Å². The van der Waals surface area contributed by atoms with Gasteiger partial charge in [0.15, 0.2) is 0 Å². The van der Waals surface area contributed by atoms with Crippen LogP contribution in [0.5, 0.6) is 0 Å². The van der Waals surface area contributed by atoms with Gasteiger partial charge in [0, 0.05) is 12.1 Å². The zero-order valence-electron chi connectivity index (χ0n) is 10.3. The molecule has 92 valence electrons. The molecule has 0 radical (unpaired) electrons. The molecule has 0 saturated carbocycles. The van der Waals surface area contributed by atoms with Crippen LogP contribution in [0.25, 0.3) is 0 Å². The van der Waals surface area contributed by atoms with E-state index in [9.17, 15) is 4.79 Å². The summed E-state index contributed by atoms with van der Waals surface area (Å²) in [6.07, 6.45) is 4.16. The smallest absolute Gasteiger partial charge is 0.237 e. The van der Waals surface area contributed by atoms with Gasteiger partial charge in [0.2, 0.25) is 5.91 Å². The van der Waals surface area contributed by atoms with Gasteiger partial charge in [-0.2, -0.15) is 0 Å². The quantitative estimate of drug-likeness (QED) is 0.746. The Morgan fingerprint density at radius 2 is 2.06 bits per heavy atom. The van der Waals surface area contributed by atoms with E-state index in [1.54, 1.807) is 0 Å². The summed E-state index contributed by atoms with van der Waals surface area (Å²) in [6.45, 7) is 5.88. The first-order valence-corrected chi connectivity index (χ1v) is 6.28. The van der Waals surface area contributed by atoms with Gasteiger partial charge in [-0.15, -0.1) is 0 Å². The molecule has 0 aromatic rings. The van der Waals surface area contributed by atoms with E-state index in [1.807, 2.05) is 20.8 Å². The lowest BCUT2D eigenvalue weighted by atomic mass is 9.95. The van der Waals surface area contributed by atoms with E-state index in [0.717, 1.165) is 12.8 Å². The third-order valence-electron chi connectivity index (χ3n) is 3.39. The summed E-state index contributed by atoms with van der Waals surface area (Å²) in [5.41, 5.74) is 0. The number of nitrogens with one attached hydrogen (secondary N) is 2. The van der Waals surface area contributed by atoms with Gasteiger partial charge in [-0.1, -0.05) is 0 Å². The molecule has 4 atom stereocenters. The normalized spacial score (nSPS) is 34.4. The van der Waals surface area contributed by atoms with E-state index in [0.29, 0.717) is 18.2 Å².